The summed E-state index contributed by atoms with van der Waals surface area (Å²) in [5.74, 6) is 0. The van der Waals surface area contributed by atoms with Crippen molar-refractivity contribution in [2.45, 2.75) is 0 Å². The third-order valence-corrected chi connectivity index (χ3v) is 2.20. The van der Waals surface area contributed by atoms with Gasteiger partial charge in [0.2, 0.25) is 0 Å². The highest BCUT2D eigenvalue weighted by atomic mass is 35.5. The molecular weight excluding hydrogens is 227 g/mol. The molecule has 0 aliphatic rings. The molecule has 72 valence electrons. The molecule has 2 nitrogen and oxygen atoms in total. The largest absolute Gasteiger partial charge is 0.389 e. The zero-order valence-electron chi connectivity index (χ0n) is 7.18. The van der Waals surface area contributed by atoms with Crippen LogP contribution in [0.1, 0.15) is 0 Å². The maximum atomic E-state index is 5.80. The van der Waals surface area contributed by atoms with Crippen LogP contribution in [0.2, 0.25) is 0 Å². The van der Waals surface area contributed by atoms with E-state index in [1.54, 1.807) is 0 Å². The van der Waals surface area contributed by atoms with Crippen LogP contribution in [-0.2, 0) is 0 Å². The second kappa shape index (κ2) is 6.13. The Morgan fingerprint density at radius 2 is 2.08 bits per heavy atom. The van der Waals surface area contributed by atoms with Crippen molar-refractivity contribution in [3.05, 3.63) is 35.0 Å². The average Bonchev–Trinajstić information content (AvgIpc) is 2.04. The zero-order chi connectivity index (χ0) is 10.4. The van der Waals surface area contributed by atoms with Gasteiger partial charge in [0.1, 0.15) is 10.3 Å². The van der Waals surface area contributed by atoms with Crippen molar-refractivity contribution in [2.24, 2.45) is 10.7 Å². The van der Waals surface area contributed by atoms with Gasteiger partial charge in [-0.2, -0.15) is 0 Å². The summed E-state index contributed by atoms with van der Waals surface area (Å²) in [5.41, 5.74) is 5.75. The van der Waals surface area contributed by atoms with E-state index in [2.05, 4.69) is 18.2 Å². The number of aliphatic imine (C=N–C) groups is 1. The first kappa shape index (κ1) is 12.6. The van der Waals surface area contributed by atoms with Crippen LogP contribution < -0.4 is 5.73 Å². The Balaban J connectivity index is 4.86. The van der Waals surface area contributed by atoms with Crippen LogP contribution >= 0.6 is 35.0 Å². The second-order valence-electron chi connectivity index (χ2n) is 1.97. The number of nitrogens with zero attached hydrogens (tertiary/aromatic N) is 1. The maximum Gasteiger partial charge on any atom is 0.140 e. The minimum atomic E-state index is 0.0673. The Kier molecular flexibility index (Phi) is 5.95. The van der Waals surface area contributed by atoms with Crippen molar-refractivity contribution in [3.8, 4) is 0 Å². The van der Waals surface area contributed by atoms with Gasteiger partial charge in [0.15, 0.2) is 0 Å². The first-order valence-electron chi connectivity index (χ1n) is 3.28. The Bertz CT molecular complexity index is 278. The van der Waals surface area contributed by atoms with Gasteiger partial charge in [-0.25, -0.2) is 4.99 Å². The molecule has 0 aliphatic heterocycles. The summed E-state index contributed by atoms with van der Waals surface area (Å²) in [7, 11) is 0. The predicted molar refractivity (Wildman–Crippen MR) is 63.2 cm³/mol. The van der Waals surface area contributed by atoms with E-state index in [0.717, 1.165) is 0 Å². The molecule has 0 aromatic carbocycles. The summed E-state index contributed by atoms with van der Waals surface area (Å²) in [6.07, 6.45) is 3.29. The monoisotopic (exact) mass is 236 g/mol. The van der Waals surface area contributed by atoms with Gasteiger partial charge in [0.05, 0.1) is 5.03 Å². The van der Waals surface area contributed by atoms with E-state index in [4.69, 9.17) is 28.9 Å². The number of halogens is 2. The molecule has 5 heteroatoms. The molecule has 0 spiro atoms. The van der Waals surface area contributed by atoms with Gasteiger partial charge in [0.25, 0.3) is 0 Å². The molecule has 0 heterocycles. The van der Waals surface area contributed by atoms with Gasteiger partial charge in [-0.1, -0.05) is 42.4 Å². The van der Waals surface area contributed by atoms with E-state index in [0.29, 0.717) is 10.6 Å². The van der Waals surface area contributed by atoms with Crippen molar-refractivity contribution in [3.63, 3.8) is 0 Å². The first-order valence-corrected chi connectivity index (χ1v) is 5.26. The Morgan fingerprint density at radius 3 is 2.38 bits per heavy atom. The number of thioether (sulfide) groups is 1. The quantitative estimate of drug-likeness (QED) is 0.463. The van der Waals surface area contributed by atoms with Gasteiger partial charge >= 0.3 is 0 Å². The Labute approximate surface area is 92.2 Å². The Morgan fingerprint density at radius 1 is 1.54 bits per heavy atom. The third kappa shape index (κ3) is 4.41. The fraction of sp³-hybridized carbons (Fsp3) is 0.125. The summed E-state index contributed by atoms with van der Waals surface area (Å²) in [6.45, 7) is 7.15. The van der Waals surface area contributed by atoms with Crippen LogP contribution in [-0.4, -0.2) is 11.4 Å². The van der Waals surface area contributed by atoms with E-state index < -0.39 is 0 Å². The van der Waals surface area contributed by atoms with Crippen molar-refractivity contribution < 1.29 is 0 Å². The summed E-state index contributed by atoms with van der Waals surface area (Å²) < 4.78 is 0. The van der Waals surface area contributed by atoms with Gasteiger partial charge in [-0.15, -0.1) is 11.8 Å². The highest BCUT2D eigenvalue weighted by Gasteiger charge is 2.04. The third-order valence-electron chi connectivity index (χ3n) is 1.14. The van der Waals surface area contributed by atoms with Gasteiger partial charge in [-0.05, 0) is 6.26 Å². The topological polar surface area (TPSA) is 38.4 Å². The summed E-state index contributed by atoms with van der Waals surface area (Å²) >= 11 is 12.7. The van der Waals surface area contributed by atoms with Crippen LogP contribution in [0.4, 0.5) is 0 Å². The molecule has 2 N–H and O–H groups in total. The summed E-state index contributed by atoms with van der Waals surface area (Å²) in [5, 5.41) is 0.849. The van der Waals surface area contributed by atoms with Crippen LogP contribution in [0.3, 0.4) is 0 Å². The highest BCUT2D eigenvalue weighted by molar-refractivity contribution is 8.02. The molecule has 0 saturated heterocycles. The lowest BCUT2D eigenvalue weighted by molar-refractivity contribution is 1.48. The lowest BCUT2D eigenvalue weighted by atomic mass is 10.3. The van der Waals surface area contributed by atoms with E-state index in [9.17, 15) is 0 Å². The van der Waals surface area contributed by atoms with E-state index in [1.807, 2.05) is 6.26 Å². The van der Waals surface area contributed by atoms with Crippen LogP contribution in [0.15, 0.2) is 40.0 Å². The molecule has 0 saturated carbocycles. The van der Waals surface area contributed by atoms with Crippen LogP contribution in [0, 0.1) is 0 Å². The second-order valence-corrected chi connectivity index (χ2v) is 3.61. The van der Waals surface area contributed by atoms with Crippen molar-refractivity contribution in [1.29, 1.82) is 0 Å². The maximum absolute atomic E-state index is 5.80. The number of allylic oxidation sites excluding steroid dienone is 2. The van der Waals surface area contributed by atoms with Gasteiger partial charge in [-0.3, -0.25) is 0 Å². The number of hydrogen-bond donors (Lipinski definition) is 1. The van der Waals surface area contributed by atoms with Crippen LogP contribution in [0.5, 0.6) is 0 Å². The number of nitrogens with two attached hydrogens (primary N) is 1. The van der Waals surface area contributed by atoms with Gasteiger partial charge < -0.3 is 5.73 Å². The fourth-order valence-electron chi connectivity index (χ4n) is 0.496. The molecule has 0 rings (SSSR count). The smallest absolute Gasteiger partial charge is 0.140 e. The lowest BCUT2D eigenvalue weighted by Crippen LogP contribution is -2.00. The van der Waals surface area contributed by atoms with Crippen molar-refractivity contribution >= 4 is 40.1 Å². The molecule has 13 heavy (non-hydrogen) atoms. The summed E-state index contributed by atoms with van der Waals surface area (Å²) in [6, 6.07) is 0. The first-order chi connectivity index (χ1) is 6.02. The molecule has 0 aliphatic carbocycles. The predicted octanol–water partition coefficient (Wildman–Crippen LogP) is 3.05. The standard InChI is InChI=1S/C8H10Cl2N2S/c1-4-6(7(9)11)8(10)12-5(2)13-3/h4H,1-2,11H2,3H3/b7-6-,12-8+. The minimum Gasteiger partial charge on any atom is -0.389 e. The molecule has 0 aromatic rings. The van der Waals surface area contributed by atoms with Crippen molar-refractivity contribution in [2.75, 3.05) is 6.26 Å². The molecule has 0 unspecified atom stereocenters. The molecule has 0 atom stereocenters. The van der Waals surface area contributed by atoms with E-state index >= 15 is 0 Å². The van der Waals surface area contributed by atoms with Crippen molar-refractivity contribution in [1.82, 2.24) is 0 Å². The normalized spacial score (nSPS) is 13.6. The molecule has 0 fully saturated rings. The highest BCUT2D eigenvalue weighted by Crippen LogP contribution is 2.16. The van der Waals surface area contributed by atoms with E-state index in [1.165, 1.54) is 17.8 Å². The Hall–Kier alpha value is -0.380. The molecule has 0 aromatic heterocycles. The molecule has 0 bridgehead atoms. The fourth-order valence-corrected chi connectivity index (χ4v) is 1.22. The minimum absolute atomic E-state index is 0.0673. The number of rotatable bonds is 4. The molecule has 0 amide bonds. The van der Waals surface area contributed by atoms with E-state index in [-0.39, 0.29) is 10.3 Å². The zero-order valence-corrected chi connectivity index (χ0v) is 9.51. The van der Waals surface area contributed by atoms with Gasteiger partial charge in [0, 0.05) is 5.57 Å². The molecular formula is C8H10Cl2N2S. The molecule has 0 radical (unpaired) electrons. The lowest BCUT2D eigenvalue weighted by Gasteiger charge is -2.00. The average molecular weight is 237 g/mol. The van der Waals surface area contributed by atoms with Crippen LogP contribution in [0.25, 0.3) is 0 Å². The number of hydrogen-bond acceptors (Lipinski definition) is 3. The SMILES string of the molecule is C=CC(/C(Cl)=N\C(=C)SC)=C(/N)Cl. The summed E-state index contributed by atoms with van der Waals surface area (Å²) in [4.78, 5) is 3.94.